The largest absolute Gasteiger partial charge is 0.357 e. The van der Waals surface area contributed by atoms with Crippen LogP contribution >= 0.6 is 0 Å². The van der Waals surface area contributed by atoms with Gasteiger partial charge in [0.25, 0.3) is 0 Å². The van der Waals surface area contributed by atoms with Crippen molar-refractivity contribution in [1.29, 1.82) is 0 Å². The Kier molecular flexibility index (Phi) is 10.2. The van der Waals surface area contributed by atoms with Gasteiger partial charge < -0.3 is 16.0 Å². The van der Waals surface area contributed by atoms with Gasteiger partial charge in [0.1, 0.15) is 0 Å². The number of guanidine groups is 1. The van der Waals surface area contributed by atoms with E-state index in [1.807, 2.05) is 13.8 Å². The molecule has 0 aliphatic heterocycles. The monoisotopic (exact) mass is 398 g/mol. The smallest absolute Gasteiger partial charge is 0.222 e. The summed E-state index contributed by atoms with van der Waals surface area (Å²) in [4.78, 5) is 16.7. The summed E-state index contributed by atoms with van der Waals surface area (Å²) >= 11 is 0. The molecule has 0 aromatic heterocycles. The third kappa shape index (κ3) is 8.20. The number of nitrogens with one attached hydrogen (secondary N) is 3. The number of hydrogen-bond acceptors (Lipinski definition) is 3. The normalized spacial score (nSPS) is 25.6. The molecule has 3 N–H and O–H groups in total. The lowest BCUT2D eigenvalue weighted by molar-refractivity contribution is -0.121. The number of carbonyl (C=O) groups is 1. The van der Waals surface area contributed by atoms with Crippen LogP contribution in [0.4, 0.5) is 0 Å². The summed E-state index contributed by atoms with van der Waals surface area (Å²) in [5.41, 5.74) is 0. The summed E-state index contributed by atoms with van der Waals surface area (Å²) in [5, 5.41) is 10.2. The molecule has 1 amide bonds. The molecule has 0 aromatic carbocycles. The molecule has 3 atom stereocenters. The highest BCUT2D eigenvalue weighted by atomic mass is 32.2. The SMILES string of the molecule is CCNC(=NCCC(=O)NC1CCCCC1)NC1CCCC(S(=O)CC)C1. The first-order valence-corrected chi connectivity index (χ1v) is 12.2. The maximum Gasteiger partial charge on any atom is 0.222 e. The van der Waals surface area contributed by atoms with Gasteiger partial charge in [-0.25, -0.2) is 0 Å². The second kappa shape index (κ2) is 12.4. The van der Waals surface area contributed by atoms with Gasteiger partial charge in [-0.2, -0.15) is 0 Å². The molecule has 0 spiro atoms. The van der Waals surface area contributed by atoms with Crippen LogP contribution in [-0.4, -0.2) is 52.3 Å². The molecule has 6 nitrogen and oxygen atoms in total. The minimum Gasteiger partial charge on any atom is -0.357 e. The fourth-order valence-electron chi connectivity index (χ4n) is 4.08. The molecule has 0 saturated heterocycles. The molecular weight excluding hydrogens is 360 g/mol. The summed E-state index contributed by atoms with van der Waals surface area (Å²) in [5.74, 6) is 1.62. The topological polar surface area (TPSA) is 82.6 Å². The lowest BCUT2D eigenvalue weighted by Crippen LogP contribution is -2.46. The minimum atomic E-state index is -0.721. The average molecular weight is 399 g/mol. The number of nitrogens with zero attached hydrogens (tertiary/aromatic N) is 1. The van der Waals surface area contributed by atoms with Gasteiger partial charge in [-0.3, -0.25) is 14.0 Å². The zero-order valence-electron chi connectivity index (χ0n) is 17.1. The van der Waals surface area contributed by atoms with Crippen LogP contribution in [-0.2, 0) is 15.6 Å². The van der Waals surface area contributed by atoms with Crippen LogP contribution in [0.1, 0.15) is 78.1 Å². The summed E-state index contributed by atoms with van der Waals surface area (Å²) in [6, 6.07) is 0.674. The Morgan fingerprint density at radius 2 is 1.74 bits per heavy atom. The fraction of sp³-hybridized carbons (Fsp3) is 0.900. The highest BCUT2D eigenvalue weighted by Gasteiger charge is 2.26. The number of hydrogen-bond donors (Lipinski definition) is 3. The predicted octanol–water partition coefficient (Wildman–Crippen LogP) is 2.46. The van der Waals surface area contributed by atoms with E-state index in [1.165, 1.54) is 19.3 Å². The molecule has 0 heterocycles. The molecule has 156 valence electrons. The summed E-state index contributed by atoms with van der Waals surface area (Å²) in [6.45, 7) is 5.32. The molecular formula is C20H38N4O2S. The van der Waals surface area contributed by atoms with E-state index in [0.717, 1.165) is 56.8 Å². The summed E-state index contributed by atoms with van der Waals surface area (Å²) < 4.78 is 12.1. The number of rotatable bonds is 8. The Bertz CT molecular complexity index is 506. The van der Waals surface area contributed by atoms with Crippen molar-refractivity contribution in [2.75, 3.05) is 18.8 Å². The Morgan fingerprint density at radius 1 is 1.00 bits per heavy atom. The van der Waals surface area contributed by atoms with E-state index in [2.05, 4.69) is 20.9 Å². The zero-order chi connectivity index (χ0) is 19.5. The van der Waals surface area contributed by atoms with Gasteiger partial charge in [-0.15, -0.1) is 0 Å². The van der Waals surface area contributed by atoms with Crippen LogP contribution in [0.25, 0.3) is 0 Å². The van der Waals surface area contributed by atoms with Crippen molar-refractivity contribution in [3.05, 3.63) is 0 Å². The van der Waals surface area contributed by atoms with Gasteiger partial charge in [-0.05, 0) is 39.0 Å². The first kappa shape index (κ1) is 22.2. The molecule has 27 heavy (non-hydrogen) atoms. The van der Waals surface area contributed by atoms with Crippen LogP contribution in [0.5, 0.6) is 0 Å². The summed E-state index contributed by atoms with van der Waals surface area (Å²) in [6.07, 6.45) is 10.6. The number of carbonyl (C=O) groups excluding carboxylic acids is 1. The summed E-state index contributed by atoms with van der Waals surface area (Å²) in [7, 11) is -0.721. The molecule has 3 unspecified atom stereocenters. The second-order valence-electron chi connectivity index (χ2n) is 7.71. The van der Waals surface area contributed by atoms with Gasteiger partial charge in [0, 0.05) is 46.9 Å². The van der Waals surface area contributed by atoms with Gasteiger partial charge >= 0.3 is 0 Å². The molecule has 0 aromatic rings. The predicted molar refractivity (Wildman–Crippen MR) is 113 cm³/mol. The molecule has 2 rings (SSSR count). The third-order valence-electron chi connectivity index (χ3n) is 5.55. The van der Waals surface area contributed by atoms with Crippen LogP contribution < -0.4 is 16.0 Å². The van der Waals surface area contributed by atoms with Crippen LogP contribution in [0, 0.1) is 0 Å². The van der Waals surface area contributed by atoms with E-state index >= 15 is 0 Å². The highest BCUT2D eigenvalue weighted by Crippen LogP contribution is 2.23. The van der Waals surface area contributed by atoms with Crippen molar-refractivity contribution < 1.29 is 9.00 Å². The molecule has 2 aliphatic rings. The minimum absolute atomic E-state index is 0.109. The quantitative estimate of drug-likeness (QED) is 0.433. The Labute approximate surface area is 167 Å². The van der Waals surface area contributed by atoms with E-state index in [0.29, 0.717) is 30.3 Å². The molecule has 2 aliphatic carbocycles. The van der Waals surface area contributed by atoms with Crippen LogP contribution in [0.15, 0.2) is 4.99 Å². The van der Waals surface area contributed by atoms with Crippen molar-refractivity contribution >= 4 is 22.7 Å². The van der Waals surface area contributed by atoms with E-state index in [1.54, 1.807) is 0 Å². The van der Waals surface area contributed by atoms with E-state index in [4.69, 9.17) is 0 Å². The van der Waals surface area contributed by atoms with Crippen molar-refractivity contribution in [2.24, 2.45) is 4.99 Å². The third-order valence-corrected chi connectivity index (χ3v) is 7.29. The maximum absolute atomic E-state index is 12.1. The van der Waals surface area contributed by atoms with Crippen LogP contribution in [0.3, 0.4) is 0 Å². The molecule has 0 radical (unpaired) electrons. The fourth-order valence-corrected chi connectivity index (χ4v) is 5.43. The van der Waals surface area contributed by atoms with Gasteiger partial charge in [0.2, 0.25) is 5.91 Å². The highest BCUT2D eigenvalue weighted by molar-refractivity contribution is 7.85. The lowest BCUT2D eigenvalue weighted by Gasteiger charge is -2.30. The number of aliphatic imine (C=N–C) groups is 1. The molecule has 2 saturated carbocycles. The first-order chi connectivity index (χ1) is 13.1. The lowest BCUT2D eigenvalue weighted by atomic mass is 9.95. The van der Waals surface area contributed by atoms with Crippen molar-refractivity contribution in [3.63, 3.8) is 0 Å². The molecule has 7 heteroatoms. The second-order valence-corrected chi connectivity index (χ2v) is 9.72. The van der Waals surface area contributed by atoms with Gasteiger partial charge in [0.15, 0.2) is 5.96 Å². The Balaban J connectivity index is 1.77. The van der Waals surface area contributed by atoms with Crippen molar-refractivity contribution in [1.82, 2.24) is 16.0 Å². The molecule has 0 bridgehead atoms. The molecule has 2 fully saturated rings. The maximum atomic E-state index is 12.1. The van der Waals surface area contributed by atoms with E-state index in [-0.39, 0.29) is 5.91 Å². The van der Waals surface area contributed by atoms with Gasteiger partial charge in [-0.1, -0.05) is 32.6 Å². The first-order valence-electron chi connectivity index (χ1n) is 10.8. The average Bonchev–Trinajstić information content (AvgIpc) is 2.68. The van der Waals surface area contributed by atoms with Crippen LogP contribution in [0.2, 0.25) is 0 Å². The van der Waals surface area contributed by atoms with E-state index in [9.17, 15) is 9.00 Å². The zero-order valence-corrected chi connectivity index (χ0v) is 17.9. The van der Waals surface area contributed by atoms with Crippen molar-refractivity contribution in [2.45, 2.75) is 95.4 Å². The Morgan fingerprint density at radius 3 is 2.44 bits per heavy atom. The van der Waals surface area contributed by atoms with Gasteiger partial charge in [0.05, 0.1) is 6.54 Å². The van der Waals surface area contributed by atoms with Crippen molar-refractivity contribution in [3.8, 4) is 0 Å². The standard InChI is InChI=1S/C20H38N4O2S/c1-3-21-20(24-17-11-8-12-18(15-17)27(26)4-2)22-14-13-19(25)23-16-9-6-5-7-10-16/h16-18H,3-15H2,1-2H3,(H,23,25)(H2,21,22,24). The Hall–Kier alpha value is -1.11. The van der Waals surface area contributed by atoms with E-state index < -0.39 is 10.8 Å². The number of amides is 1.